The zero-order valence-electron chi connectivity index (χ0n) is 8.62. The van der Waals surface area contributed by atoms with E-state index in [4.69, 9.17) is 12.2 Å². The second kappa shape index (κ2) is 3.95. The highest BCUT2D eigenvalue weighted by atomic mass is 32.1. The van der Waals surface area contributed by atoms with E-state index in [1.807, 2.05) is 0 Å². The maximum Gasteiger partial charge on any atom is 0.432 e. The van der Waals surface area contributed by atoms with Crippen LogP contribution in [0.15, 0.2) is 18.2 Å². The summed E-state index contributed by atoms with van der Waals surface area (Å²) in [5, 5.41) is 9.64. The van der Waals surface area contributed by atoms with E-state index in [1.54, 1.807) is 13.0 Å². The molecule has 0 aliphatic heterocycles. The van der Waals surface area contributed by atoms with Crippen LogP contribution in [0.3, 0.4) is 0 Å². The fourth-order valence-corrected chi connectivity index (χ4v) is 1.48. The fraction of sp³-hybridized carbons (Fsp3) is 0.222. The summed E-state index contributed by atoms with van der Waals surface area (Å²) in [6.07, 6.45) is -4.46. The highest BCUT2D eigenvalue weighted by Gasteiger charge is 2.33. The first-order valence-electron chi connectivity index (χ1n) is 4.58. The van der Waals surface area contributed by atoms with Crippen molar-refractivity contribution in [1.82, 2.24) is 20.0 Å². The third-order valence-corrected chi connectivity index (χ3v) is 2.34. The average molecular weight is 260 g/mol. The van der Waals surface area contributed by atoms with Gasteiger partial charge in [0.25, 0.3) is 0 Å². The lowest BCUT2D eigenvalue weighted by Crippen LogP contribution is -2.08. The van der Waals surface area contributed by atoms with Crippen molar-refractivity contribution in [3.8, 4) is 5.82 Å². The number of aromatic nitrogens is 4. The Morgan fingerprint density at radius 1 is 1.29 bits per heavy atom. The van der Waals surface area contributed by atoms with Crippen LogP contribution < -0.4 is 0 Å². The predicted molar refractivity (Wildman–Crippen MR) is 56.3 cm³/mol. The molecule has 2 aromatic rings. The first-order chi connectivity index (χ1) is 7.88. The van der Waals surface area contributed by atoms with Gasteiger partial charge < -0.3 is 0 Å². The van der Waals surface area contributed by atoms with Crippen LogP contribution >= 0.6 is 12.2 Å². The number of nitrogens with zero attached hydrogens (tertiary/aromatic N) is 3. The van der Waals surface area contributed by atoms with Gasteiger partial charge in [-0.15, -0.1) is 5.10 Å². The van der Waals surface area contributed by atoms with E-state index in [9.17, 15) is 13.2 Å². The van der Waals surface area contributed by atoms with Crippen molar-refractivity contribution in [2.45, 2.75) is 13.1 Å². The quantitative estimate of drug-likeness (QED) is 0.802. The van der Waals surface area contributed by atoms with Gasteiger partial charge in [-0.3, -0.25) is 5.10 Å². The van der Waals surface area contributed by atoms with Crippen LogP contribution in [0.25, 0.3) is 5.82 Å². The number of H-pyrrole nitrogens is 1. The largest absolute Gasteiger partial charge is 0.432 e. The van der Waals surface area contributed by atoms with Gasteiger partial charge in [0.15, 0.2) is 5.82 Å². The summed E-state index contributed by atoms with van der Waals surface area (Å²) in [5.41, 5.74) is -0.243. The van der Waals surface area contributed by atoms with Gasteiger partial charge in [0.05, 0.1) is 5.69 Å². The number of nitrogens with one attached hydrogen (secondary N) is 1. The number of hydrogen-bond donors (Lipinski definition) is 1. The molecule has 0 aromatic carbocycles. The Morgan fingerprint density at radius 3 is 2.47 bits per heavy atom. The van der Waals surface area contributed by atoms with Gasteiger partial charge in [-0.05, 0) is 19.1 Å². The molecule has 0 atom stereocenters. The standard InChI is InChI=1S/C9H7F3N4S/c1-5-2-3-7(14-13-5)16-8(17)4-6(15-16)9(10,11)12/h2-4,15H,1H3. The number of hydrogen-bond acceptors (Lipinski definition) is 3. The maximum atomic E-state index is 12.4. The van der Waals surface area contributed by atoms with Gasteiger partial charge >= 0.3 is 6.18 Å². The fourth-order valence-electron chi connectivity index (χ4n) is 1.22. The SMILES string of the molecule is Cc1ccc(-n2[nH]c(C(F)(F)F)cc2=S)nn1. The molecule has 17 heavy (non-hydrogen) atoms. The van der Waals surface area contributed by atoms with E-state index in [2.05, 4.69) is 15.3 Å². The van der Waals surface area contributed by atoms with Crippen molar-refractivity contribution < 1.29 is 13.2 Å². The van der Waals surface area contributed by atoms with Crippen LogP contribution in [0.2, 0.25) is 0 Å². The molecule has 1 N–H and O–H groups in total. The van der Waals surface area contributed by atoms with Crippen LogP contribution in [0.1, 0.15) is 11.4 Å². The van der Waals surface area contributed by atoms with Crippen LogP contribution in [0.4, 0.5) is 13.2 Å². The van der Waals surface area contributed by atoms with Crippen molar-refractivity contribution in [3.05, 3.63) is 34.2 Å². The summed E-state index contributed by atoms with van der Waals surface area (Å²) in [6, 6.07) is 4.02. The summed E-state index contributed by atoms with van der Waals surface area (Å²) in [7, 11) is 0. The minimum Gasteiger partial charge on any atom is -0.287 e. The van der Waals surface area contributed by atoms with E-state index < -0.39 is 11.9 Å². The van der Waals surface area contributed by atoms with Crippen molar-refractivity contribution in [2.75, 3.05) is 0 Å². The predicted octanol–water partition coefficient (Wildman–Crippen LogP) is 2.65. The lowest BCUT2D eigenvalue weighted by molar-refractivity contribution is -0.141. The molecule has 0 saturated heterocycles. The lowest BCUT2D eigenvalue weighted by atomic mass is 10.4. The number of alkyl halides is 3. The minimum absolute atomic E-state index is 0.00419. The average Bonchev–Trinajstić information content (AvgIpc) is 2.61. The highest BCUT2D eigenvalue weighted by molar-refractivity contribution is 7.71. The number of aryl methyl sites for hydroxylation is 1. The number of rotatable bonds is 1. The Hall–Kier alpha value is -1.70. The summed E-state index contributed by atoms with van der Waals surface area (Å²) in [4.78, 5) is 0. The Labute approximate surface area is 99.1 Å². The van der Waals surface area contributed by atoms with Crippen LogP contribution in [-0.4, -0.2) is 20.0 Å². The zero-order chi connectivity index (χ0) is 12.6. The maximum absolute atomic E-state index is 12.4. The van der Waals surface area contributed by atoms with E-state index in [0.717, 1.165) is 10.7 Å². The molecule has 0 unspecified atom stereocenters. The third kappa shape index (κ3) is 2.36. The first-order valence-corrected chi connectivity index (χ1v) is 4.99. The smallest absolute Gasteiger partial charge is 0.287 e. The summed E-state index contributed by atoms with van der Waals surface area (Å²) >= 11 is 4.82. The molecule has 2 aromatic heterocycles. The molecule has 0 saturated carbocycles. The van der Waals surface area contributed by atoms with Crippen LogP contribution in [-0.2, 0) is 6.18 Å². The normalized spacial score (nSPS) is 11.8. The molecular weight excluding hydrogens is 253 g/mol. The minimum atomic E-state index is -4.46. The van der Waals surface area contributed by atoms with Gasteiger partial charge in [-0.25, -0.2) is 4.68 Å². The Bertz CT molecular complexity index is 582. The first kappa shape index (κ1) is 11.8. The Kier molecular flexibility index (Phi) is 2.74. The molecular formula is C9H7F3N4S. The van der Waals surface area contributed by atoms with E-state index in [-0.39, 0.29) is 10.5 Å². The summed E-state index contributed by atoms with van der Waals surface area (Å²) in [6.45, 7) is 1.73. The molecule has 0 spiro atoms. The third-order valence-electron chi connectivity index (χ3n) is 2.04. The molecule has 2 rings (SSSR count). The molecule has 0 fully saturated rings. The summed E-state index contributed by atoms with van der Waals surface area (Å²) < 4.78 is 38.4. The summed E-state index contributed by atoms with van der Waals surface area (Å²) in [5.74, 6) is 0.219. The van der Waals surface area contributed by atoms with Crippen LogP contribution in [0.5, 0.6) is 0 Å². The molecule has 0 aliphatic carbocycles. The highest BCUT2D eigenvalue weighted by Crippen LogP contribution is 2.28. The van der Waals surface area contributed by atoms with Crippen molar-refractivity contribution in [3.63, 3.8) is 0 Å². The van der Waals surface area contributed by atoms with Crippen LogP contribution in [0, 0.1) is 11.6 Å². The molecule has 4 nitrogen and oxygen atoms in total. The molecule has 2 heterocycles. The number of aromatic amines is 1. The monoisotopic (exact) mass is 260 g/mol. The Balaban J connectivity index is 2.50. The van der Waals surface area contributed by atoms with Crippen molar-refractivity contribution in [2.24, 2.45) is 0 Å². The van der Waals surface area contributed by atoms with Gasteiger partial charge in [-0.2, -0.15) is 18.3 Å². The molecule has 0 radical (unpaired) electrons. The Morgan fingerprint density at radius 2 is 2.00 bits per heavy atom. The topological polar surface area (TPSA) is 46.5 Å². The van der Waals surface area contributed by atoms with Gasteiger partial charge in [0.2, 0.25) is 0 Å². The molecule has 8 heteroatoms. The van der Waals surface area contributed by atoms with Gasteiger partial charge in [0.1, 0.15) is 10.3 Å². The second-order valence-electron chi connectivity index (χ2n) is 3.37. The number of halogens is 3. The molecule has 0 bridgehead atoms. The van der Waals surface area contributed by atoms with Gasteiger partial charge in [-0.1, -0.05) is 12.2 Å². The lowest BCUT2D eigenvalue weighted by Gasteiger charge is -2.03. The van der Waals surface area contributed by atoms with Gasteiger partial charge in [0, 0.05) is 6.07 Å². The van der Waals surface area contributed by atoms with E-state index in [1.165, 1.54) is 6.07 Å². The molecule has 90 valence electrons. The zero-order valence-corrected chi connectivity index (χ0v) is 9.43. The van der Waals surface area contributed by atoms with E-state index in [0.29, 0.717) is 5.69 Å². The van der Waals surface area contributed by atoms with Crippen molar-refractivity contribution >= 4 is 12.2 Å². The molecule has 0 aliphatic rings. The molecule has 0 amide bonds. The second-order valence-corrected chi connectivity index (χ2v) is 3.79. The van der Waals surface area contributed by atoms with Crippen molar-refractivity contribution in [1.29, 1.82) is 0 Å². The van der Waals surface area contributed by atoms with E-state index >= 15 is 0 Å².